The normalized spacial score (nSPS) is 21.0. The van der Waals surface area contributed by atoms with Crippen LogP contribution in [0.1, 0.15) is 37.4 Å². The molecule has 0 aliphatic carbocycles. The van der Waals surface area contributed by atoms with Crippen molar-refractivity contribution in [3.8, 4) is 17.0 Å². The number of aliphatic hydroxyl groups is 1. The van der Waals surface area contributed by atoms with Gasteiger partial charge in [0.1, 0.15) is 5.75 Å². The number of alkyl halides is 3. The van der Waals surface area contributed by atoms with E-state index in [0.29, 0.717) is 29.2 Å². The van der Waals surface area contributed by atoms with Crippen LogP contribution in [0.4, 0.5) is 18.9 Å². The van der Waals surface area contributed by atoms with Crippen LogP contribution in [-0.2, 0) is 16.8 Å². The van der Waals surface area contributed by atoms with Crippen molar-refractivity contribution in [2.24, 2.45) is 0 Å². The summed E-state index contributed by atoms with van der Waals surface area (Å²) in [5, 5.41) is 22.1. The average molecular weight is 682 g/mol. The van der Waals surface area contributed by atoms with Gasteiger partial charge >= 0.3 is 12.1 Å². The first-order chi connectivity index (χ1) is 21.9. The van der Waals surface area contributed by atoms with E-state index >= 15 is 0 Å². The van der Waals surface area contributed by atoms with Gasteiger partial charge in [0.25, 0.3) is 0 Å². The minimum atomic E-state index is -5.08. The van der Waals surface area contributed by atoms with Gasteiger partial charge in [-0.05, 0) is 68.1 Å². The van der Waals surface area contributed by atoms with E-state index in [1.165, 1.54) is 5.56 Å². The number of hydrogen-bond acceptors (Lipinski definition) is 7. The van der Waals surface area contributed by atoms with E-state index in [-0.39, 0.29) is 11.5 Å². The maximum absolute atomic E-state index is 10.6. The van der Waals surface area contributed by atoms with Gasteiger partial charge in [0, 0.05) is 61.3 Å². The van der Waals surface area contributed by atoms with E-state index < -0.39 is 12.1 Å². The average Bonchev–Trinajstić information content (AvgIpc) is 3.42. The van der Waals surface area contributed by atoms with Crippen molar-refractivity contribution < 1.29 is 32.9 Å². The van der Waals surface area contributed by atoms with Crippen LogP contribution in [0.5, 0.6) is 5.75 Å². The number of piperidine rings is 1. The number of rotatable bonds is 6. The minimum absolute atomic E-state index is 0.0190. The van der Waals surface area contributed by atoms with Crippen molar-refractivity contribution in [2.45, 2.75) is 56.5 Å². The highest BCUT2D eigenvalue weighted by atomic mass is 35.5. The zero-order valence-corrected chi connectivity index (χ0v) is 26.9. The van der Waals surface area contributed by atoms with Gasteiger partial charge in [0.15, 0.2) is 0 Å². The smallest absolute Gasteiger partial charge is 0.490 e. The standard InChI is InChI=1S/C31H36Cl2N4O2.C2HF3O2/c1-2-39-30-6-4-3-5-24(30)27-9-8-25-28(35-27)19-36(18-22-16-23(38)17-34-22)20-31(25)11-13-37(14-12-31)29-10-7-21(32)15-26(29)33;3-2(4,5)1(6)7/h3-10,15,22-23,34,38H,2,11-14,16-20H2,1H3;(H,6,7)/t22-,23+;/m1./s1. The van der Waals surface area contributed by atoms with Crippen LogP contribution in [0.2, 0.25) is 10.0 Å². The van der Waals surface area contributed by atoms with Crippen LogP contribution in [0.3, 0.4) is 0 Å². The van der Waals surface area contributed by atoms with Gasteiger partial charge in [0.05, 0.1) is 34.8 Å². The lowest BCUT2D eigenvalue weighted by atomic mass is 9.69. The summed E-state index contributed by atoms with van der Waals surface area (Å²) in [4.78, 5) is 19.1. The molecular formula is C33H37Cl2F3N4O4. The molecule has 3 N–H and O–H groups in total. The molecule has 3 aromatic rings. The number of nitrogens with zero attached hydrogens (tertiary/aromatic N) is 3. The van der Waals surface area contributed by atoms with Crippen molar-refractivity contribution in [2.75, 3.05) is 44.2 Å². The molecule has 1 spiro atoms. The predicted octanol–water partition coefficient (Wildman–Crippen LogP) is 6.16. The molecule has 248 valence electrons. The van der Waals surface area contributed by atoms with Gasteiger partial charge in [0.2, 0.25) is 0 Å². The van der Waals surface area contributed by atoms with Crippen LogP contribution >= 0.6 is 23.2 Å². The molecule has 0 bridgehead atoms. The summed E-state index contributed by atoms with van der Waals surface area (Å²) < 4.78 is 37.7. The zero-order chi connectivity index (χ0) is 33.1. The molecule has 2 fully saturated rings. The molecule has 13 heteroatoms. The topological polar surface area (TPSA) is 98.2 Å². The van der Waals surface area contributed by atoms with Gasteiger partial charge in [-0.1, -0.05) is 41.4 Å². The summed E-state index contributed by atoms with van der Waals surface area (Å²) in [5.74, 6) is -1.89. The minimum Gasteiger partial charge on any atom is -0.493 e. The number of aliphatic hydroxyl groups excluding tert-OH is 1. The molecule has 2 atom stereocenters. The Morgan fingerprint density at radius 3 is 2.48 bits per heavy atom. The third-order valence-electron chi connectivity index (χ3n) is 8.80. The monoisotopic (exact) mass is 680 g/mol. The van der Waals surface area contributed by atoms with Crippen molar-refractivity contribution in [1.29, 1.82) is 0 Å². The number of benzene rings is 2. The molecule has 46 heavy (non-hydrogen) atoms. The summed E-state index contributed by atoms with van der Waals surface area (Å²) in [6, 6.07) is 18.7. The third-order valence-corrected chi connectivity index (χ3v) is 9.34. The number of para-hydroxylation sites is 1. The Kier molecular flexibility index (Phi) is 10.7. The number of aromatic nitrogens is 1. The zero-order valence-electron chi connectivity index (χ0n) is 25.4. The highest BCUT2D eigenvalue weighted by molar-refractivity contribution is 6.36. The SMILES string of the molecule is CCOc1ccccc1-c1ccc2c(n1)CN(C[C@H]1C[C@H](O)CN1)CC21CCN(c2ccc(Cl)cc2Cl)CC1.O=C(O)C(F)(F)F. The summed E-state index contributed by atoms with van der Waals surface area (Å²) in [6.45, 7) is 7.85. The molecule has 0 saturated carbocycles. The number of β-amino-alcohol motifs (C(OH)–C–C–N with tert-alkyl or cyclic N) is 1. The number of fused-ring (bicyclic) bond motifs is 2. The van der Waals surface area contributed by atoms with Gasteiger partial charge in [-0.25, -0.2) is 4.79 Å². The Morgan fingerprint density at radius 1 is 1.13 bits per heavy atom. The summed E-state index contributed by atoms with van der Waals surface area (Å²) >= 11 is 12.7. The molecule has 3 aliphatic heterocycles. The quantitative estimate of drug-likeness (QED) is 0.285. The number of halogens is 5. The number of carboxylic acids is 1. The molecule has 8 nitrogen and oxygen atoms in total. The summed E-state index contributed by atoms with van der Waals surface area (Å²) in [6.07, 6.45) is -2.50. The molecule has 6 rings (SSSR count). The Labute approximate surface area is 276 Å². The molecule has 4 heterocycles. The van der Waals surface area contributed by atoms with Gasteiger partial charge in [-0.3, -0.25) is 9.88 Å². The maximum atomic E-state index is 10.6. The van der Waals surface area contributed by atoms with Crippen LogP contribution < -0.4 is 15.0 Å². The van der Waals surface area contributed by atoms with Crippen molar-refractivity contribution in [3.05, 3.63) is 75.9 Å². The molecule has 0 unspecified atom stereocenters. The Bertz CT molecular complexity index is 1530. The molecule has 0 amide bonds. The number of aliphatic carboxylic acids is 1. The fourth-order valence-corrected chi connectivity index (χ4v) is 7.24. The maximum Gasteiger partial charge on any atom is 0.490 e. The number of carboxylic acid groups (broad SMARTS) is 1. The van der Waals surface area contributed by atoms with Crippen LogP contribution in [0.25, 0.3) is 11.3 Å². The number of ether oxygens (including phenoxy) is 1. The third kappa shape index (κ3) is 7.88. The lowest BCUT2D eigenvalue weighted by Gasteiger charge is -2.49. The molecule has 0 radical (unpaired) electrons. The van der Waals surface area contributed by atoms with Gasteiger partial charge < -0.3 is 25.2 Å². The van der Waals surface area contributed by atoms with Crippen LogP contribution in [0.15, 0.2) is 54.6 Å². The fraction of sp³-hybridized carbons (Fsp3) is 0.455. The second-order valence-electron chi connectivity index (χ2n) is 12.0. The molecular weight excluding hydrogens is 644 g/mol. The Balaban J connectivity index is 0.000000537. The molecule has 2 saturated heterocycles. The van der Waals surface area contributed by atoms with Gasteiger partial charge in [-0.15, -0.1) is 0 Å². The van der Waals surface area contributed by atoms with Crippen molar-refractivity contribution in [3.63, 3.8) is 0 Å². The largest absolute Gasteiger partial charge is 0.493 e. The molecule has 1 aromatic heterocycles. The van der Waals surface area contributed by atoms with Crippen LogP contribution in [0, 0.1) is 0 Å². The number of hydrogen-bond donors (Lipinski definition) is 3. The molecule has 2 aromatic carbocycles. The first-order valence-electron chi connectivity index (χ1n) is 15.2. The Hall–Kier alpha value is -3.09. The second-order valence-corrected chi connectivity index (χ2v) is 12.8. The second kappa shape index (κ2) is 14.4. The first kappa shape index (κ1) is 34.3. The first-order valence-corrected chi connectivity index (χ1v) is 16.0. The van der Waals surface area contributed by atoms with Crippen molar-refractivity contribution >= 4 is 34.9 Å². The summed E-state index contributed by atoms with van der Waals surface area (Å²) in [7, 11) is 0. The van der Waals surface area contributed by atoms with E-state index in [9.17, 15) is 18.3 Å². The number of nitrogens with one attached hydrogen (secondary N) is 1. The van der Waals surface area contributed by atoms with E-state index in [0.717, 1.165) is 80.4 Å². The Morgan fingerprint density at radius 2 is 1.85 bits per heavy atom. The number of pyridine rings is 1. The van der Waals surface area contributed by atoms with E-state index in [1.807, 2.05) is 43.3 Å². The number of carbonyl (C=O) groups is 1. The van der Waals surface area contributed by atoms with Crippen LogP contribution in [-0.4, -0.2) is 83.7 Å². The highest BCUT2D eigenvalue weighted by Crippen LogP contribution is 2.44. The number of anilines is 1. The summed E-state index contributed by atoms with van der Waals surface area (Å²) in [5.41, 5.74) is 5.58. The van der Waals surface area contributed by atoms with E-state index in [4.69, 9.17) is 42.8 Å². The highest BCUT2D eigenvalue weighted by Gasteiger charge is 2.44. The lowest BCUT2D eigenvalue weighted by molar-refractivity contribution is -0.192. The van der Waals surface area contributed by atoms with Gasteiger partial charge in [-0.2, -0.15) is 13.2 Å². The molecule has 3 aliphatic rings. The fourth-order valence-electron chi connectivity index (χ4n) is 6.71. The lowest BCUT2D eigenvalue weighted by Crippen LogP contribution is -2.54. The predicted molar refractivity (Wildman–Crippen MR) is 172 cm³/mol. The van der Waals surface area contributed by atoms with E-state index in [1.54, 1.807) is 0 Å². The van der Waals surface area contributed by atoms with Crippen molar-refractivity contribution in [1.82, 2.24) is 15.2 Å². The van der Waals surface area contributed by atoms with E-state index in [2.05, 4.69) is 33.3 Å².